The number of carbonyl (C=O) groups is 2. The van der Waals surface area contributed by atoms with E-state index in [4.69, 9.17) is 0 Å². The normalized spacial score (nSPS) is 44.8. The number of carbonyl (C=O) groups excluding carboxylic acids is 2. The van der Waals surface area contributed by atoms with Gasteiger partial charge >= 0.3 is 0 Å². The highest BCUT2D eigenvalue weighted by Gasteiger charge is 2.57. The largest absolute Gasteiger partial charge is 0.278 e. The molecule has 4 heteroatoms. The standard InChI is InChI=1S/C10H11NO3/c12-9-7-4-5-2-1-3-6(5)8(7)10(13)11(9)14/h1,3,5-8,14H,2,4H2. The Labute approximate surface area is 81.1 Å². The van der Waals surface area contributed by atoms with Crippen molar-refractivity contribution in [1.29, 1.82) is 0 Å². The molecule has 1 aliphatic heterocycles. The topological polar surface area (TPSA) is 57.6 Å². The van der Waals surface area contributed by atoms with Crippen LogP contribution in [-0.4, -0.2) is 22.1 Å². The lowest BCUT2D eigenvalue weighted by molar-refractivity contribution is -0.174. The quantitative estimate of drug-likeness (QED) is 0.347. The molecule has 1 saturated carbocycles. The molecule has 0 radical (unpaired) electrons. The van der Waals surface area contributed by atoms with Gasteiger partial charge in [0.1, 0.15) is 0 Å². The number of imide groups is 1. The van der Waals surface area contributed by atoms with Crippen LogP contribution >= 0.6 is 0 Å². The Morgan fingerprint density at radius 1 is 1.36 bits per heavy atom. The summed E-state index contributed by atoms with van der Waals surface area (Å²) in [5, 5.41) is 9.52. The number of hydrogen-bond acceptors (Lipinski definition) is 3. The van der Waals surface area contributed by atoms with Gasteiger partial charge in [0.05, 0.1) is 11.8 Å². The highest BCUT2D eigenvalue weighted by Crippen LogP contribution is 2.51. The third-order valence-corrected chi connectivity index (χ3v) is 3.77. The first-order valence-electron chi connectivity index (χ1n) is 4.93. The van der Waals surface area contributed by atoms with E-state index in [1.165, 1.54) is 0 Å². The Hall–Kier alpha value is -1.16. The summed E-state index contributed by atoms with van der Waals surface area (Å²) in [5.41, 5.74) is 0. The lowest BCUT2D eigenvalue weighted by Gasteiger charge is -2.14. The molecular formula is C10H11NO3. The Morgan fingerprint density at radius 2 is 2.14 bits per heavy atom. The molecule has 0 aromatic rings. The molecule has 0 bridgehead atoms. The van der Waals surface area contributed by atoms with Gasteiger partial charge in [-0.15, -0.1) is 0 Å². The van der Waals surface area contributed by atoms with E-state index in [0.29, 0.717) is 11.0 Å². The van der Waals surface area contributed by atoms with Crippen molar-refractivity contribution in [2.75, 3.05) is 0 Å². The summed E-state index contributed by atoms with van der Waals surface area (Å²) >= 11 is 0. The smallest absolute Gasteiger partial charge is 0.257 e. The molecular weight excluding hydrogens is 182 g/mol. The summed E-state index contributed by atoms with van der Waals surface area (Å²) in [6.07, 6.45) is 5.83. The molecule has 1 N–H and O–H groups in total. The van der Waals surface area contributed by atoms with Gasteiger partial charge in [0, 0.05) is 0 Å². The van der Waals surface area contributed by atoms with Crippen molar-refractivity contribution in [3.63, 3.8) is 0 Å². The molecule has 3 rings (SSSR count). The second-order valence-corrected chi connectivity index (χ2v) is 4.36. The third kappa shape index (κ3) is 0.773. The molecule has 4 unspecified atom stereocenters. The zero-order valence-corrected chi connectivity index (χ0v) is 7.59. The predicted octanol–water partition coefficient (Wildman–Crippen LogP) is 0.573. The Bertz CT molecular complexity index is 349. The van der Waals surface area contributed by atoms with E-state index in [1.807, 2.05) is 6.08 Å². The van der Waals surface area contributed by atoms with Crippen molar-refractivity contribution in [2.45, 2.75) is 12.8 Å². The van der Waals surface area contributed by atoms with Crippen molar-refractivity contribution in [3.8, 4) is 0 Å². The average molecular weight is 193 g/mol. The monoisotopic (exact) mass is 193 g/mol. The van der Waals surface area contributed by atoms with Crippen LogP contribution in [0.1, 0.15) is 12.8 Å². The lowest BCUT2D eigenvalue weighted by atomic mass is 9.90. The summed E-state index contributed by atoms with van der Waals surface area (Å²) in [6.45, 7) is 0. The average Bonchev–Trinajstić information content (AvgIpc) is 2.76. The minimum absolute atomic E-state index is 0.189. The van der Waals surface area contributed by atoms with Gasteiger partial charge in [-0.05, 0) is 24.7 Å². The highest BCUT2D eigenvalue weighted by atomic mass is 16.5. The van der Waals surface area contributed by atoms with Crippen LogP contribution in [0.5, 0.6) is 0 Å². The number of amides is 2. The van der Waals surface area contributed by atoms with Crippen molar-refractivity contribution in [3.05, 3.63) is 12.2 Å². The molecule has 3 aliphatic rings. The lowest BCUT2D eigenvalue weighted by Crippen LogP contribution is -2.30. The first kappa shape index (κ1) is 8.17. The summed E-state index contributed by atoms with van der Waals surface area (Å²) in [7, 11) is 0. The maximum absolute atomic E-state index is 11.6. The van der Waals surface area contributed by atoms with Crippen LogP contribution in [0.3, 0.4) is 0 Å². The number of fused-ring (bicyclic) bond motifs is 3. The van der Waals surface area contributed by atoms with Gasteiger partial charge in [-0.2, -0.15) is 5.06 Å². The summed E-state index contributed by atoms with van der Waals surface area (Å²) in [6, 6.07) is 0. The van der Waals surface area contributed by atoms with Crippen LogP contribution in [0.4, 0.5) is 0 Å². The van der Waals surface area contributed by atoms with Crippen LogP contribution in [0.25, 0.3) is 0 Å². The molecule has 4 nitrogen and oxygen atoms in total. The molecule has 14 heavy (non-hydrogen) atoms. The maximum atomic E-state index is 11.6. The fourth-order valence-electron chi connectivity index (χ4n) is 3.13. The molecule has 4 atom stereocenters. The van der Waals surface area contributed by atoms with E-state index in [2.05, 4.69) is 6.08 Å². The number of nitrogens with zero attached hydrogens (tertiary/aromatic N) is 1. The Kier molecular flexibility index (Phi) is 1.43. The Balaban J connectivity index is 1.99. The second kappa shape index (κ2) is 2.45. The van der Waals surface area contributed by atoms with Crippen LogP contribution < -0.4 is 0 Å². The van der Waals surface area contributed by atoms with E-state index in [-0.39, 0.29) is 17.8 Å². The molecule has 0 aromatic heterocycles. The molecule has 2 amide bonds. The van der Waals surface area contributed by atoms with Gasteiger partial charge in [-0.3, -0.25) is 14.8 Å². The molecule has 2 fully saturated rings. The van der Waals surface area contributed by atoms with Crippen molar-refractivity contribution in [2.24, 2.45) is 23.7 Å². The van der Waals surface area contributed by atoms with E-state index < -0.39 is 11.8 Å². The number of rotatable bonds is 0. The van der Waals surface area contributed by atoms with Crippen LogP contribution in [-0.2, 0) is 9.59 Å². The van der Waals surface area contributed by atoms with Crippen LogP contribution in [0.2, 0.25) is 0 Å². The van der Waals surface area contributed by atoms with Crippen molar-refractivity contribution in [1.82, 2.24) is 5.06 Å². The molecule has 0 spiro atoms. The first-order chi connectivity index (χ1) is 6.70. The number of allylic oxidation sites excluding steroid dienone is 2. The second-order valence-electron chi connectivity index (χ2n) is 4.36. The van der Waals surface area contributed by atoms with Gasteiger partial charge in [0.15, 0.2) is 0 Å². The minimum atomic E-state index is -0.404. The summed E-state index contributed by atoms with van der Waals surface area (Å²) in [5.74, 6) is -0.703. The van der Waals surface area contributed by atoms with E-state index in [0.717, 1.165) is 12.8 Å². The molecule has 2 aliphatic carbocycles. The number of hydrogen-bond donors (Lipinski definition) is 1. The highest BCUT2D eigenvalue weighted by molar-refractivity contribution is 6.04. The third-order valence-electron chi connectivity index (χ3n) is 3.77. The first-order valence-corrected chi connectivity index (χ1v) is 4.93. The minimum Gasteiger partial charge on any atom is -0.278 e. The van der Waals surface area contributed by atoms with E-state index in [9.17, 15) is 14.8 Å². The fourth-order valence-corrected chi connectivity index (χ4v) is 3.13. The molecule has 74 valence electrons. The summed E-state index contributed by atoms with van der Waals surface area (Å²) < 4.78 is 0. The Morgan fingerprint density at radius 3 is 2.93 bits per heavy atom. The van der Waals surface area contributed by atoms with Gasteiger partial charge in [0.25, 0.3) is 11.8 Å². The van der Waals surface area contributed by atoms with Gasteiger partial charge in [-0.1, -0.05) is 12.2 Å². The molecule has 1 saturated heterocycles. The van der Waals surface area contributed by atoms with Crippen LogP contribution in [0, 0.1) is 23.7 Å². The fraction of sp³-hybridized carbons (Fsp3) is 0.600. The predicted molar refractivity (Wildman–Crippen MR) is 46.0 cm³/mol. The van der Waals surface area contributed by atoms with Gasteiger partial charge in [0.2, 0.25) is 0 Å². The summed E-state index contributed by atoms with van der Waals surface area (Å²) in [4.78, 5) is 23.0. The number of hydroxylamine groups is 2. The van der Waals surface area contributed by atoms with Gasteiger partial charge in [-0.25, -0.2) is 0 Å². The van der Waals surface area contributed by atoms with Crippen LogP contribution in [0.15, 0.2) is 12.2 Å². The molecule has 1 heterocycles. The van der Waals surface area contributed by atoms with Crippen molar-refractivity contribution < 1.29 is 14.8 Å². The molecule has 0 aromatic carbocycles. The zero-order chi connectivity index (χ0) is 9.87. The van der Waals surface area contributed by atoms with E-state index >= 15 is 0 Å². The van der Waals surface area contributed by atoms with E-state index in [1.54, 1.807) is 0 Å². The maximum Gasteiger partial charge on any atom is 0.257 e. The zero-order valence-electron chi connectivity index (χ0n) is 7.59. The SMILES string of the molecule is O=C1C2CC3CC=CC3C2C(=O)N1O. The van der Waals surface area contributed by atoms with Crippen molar-refractivity contribution >= 4 is 11.8 Å². The van der Waals surface area contributed by atoms with Gasteiger partial charge < -0.3 is 0 Å².